The molecule has 0 aromatic heterocycles. The van der Waals surface area contributed by atoms with E-state index >= 15 is 0 Å². The number of hydrogen-bond donors (Lipinski definition) is 2. The van der Waals surface area contributed by atoms with Gasteiger partial charge in [0.2, 0.25) is 0 Å². The highest BCUT2D eigenvalue weighted by Crippen LogP contribution is 2.28. The van der Waals surface area contributed by atoms with Crippen molar-refractivity contribution in [1.29, 1.82) is 0 Å². The van der Waals surface area contributed by atoms with E-state index in [4.69, 9.17) is 4.74 Å². The van der Waals surface area contributed by atoms with Crippen molar-refractivity contribution in [2.24, 2.45) is 0 Å². The second-order valence-electron chi connectivity index (χ2n) is 5.25. The molecule has 1 rings (SSSR count). The van der Waals surface area contributed by atoms with E-state index in [1.165, 1.54) is 0 Å². The second kappa shape index (κ2) is 7.02. The minimum atomic E-state index is -0.362. The molecule has 0 saturated heterocycles. The number of β-amino-alcohol motifs (C(OH)–C–C–N with tert-alkyl or cyclic N) is 1. The maximum Gasteiger partial charge on any atom is 0.132 e. The molecular formula is C14H23NO2S. The number of aliphatic hydroxyl groups excluding tert-OH is 1. The summed E-state index contributed by atoms with van der Waals surface area (Å²) in [6.45, 7) is 6.87. The van der Waals surface area contributed by atoms with Crippen molar-refractivity contribution in [2.75, 3.05) is 19.4 Å². The fourth-order valence-electron chi connectivity index (χ4n) is 1.41. The Kier molecular flexibility index (Phi) is 5.99. The van der Waals surface area contributed by atoms with E-state index < -0.39 is 0 Å². The number of rotatable bonds is 6. The topological polar surface area (TPSA) is 41.5 Å². The highest BCUT2D eigenvalue weighted by atomic mass is 32.2. The first kappa shape index (κ1) is 15.3. The SMILES string of the molecule is COc1ccccc1SCC(O)CNC(C)(C)C. The van der Waals surface area contributed by atoms with Crippen molar-refractivity contribution < 1.29 is 9.84 Å². The van der Waals surface area contributed by atoms with Crippen LogP contribution in [0.5, 0.6) is 5.75 Å². The Morgan fingerprint density at radius 1 is 1.33 bits per heavy atom. The molecule has 1 unspecified atom stereocenters. The third-order valence-corrected chi connectivity index (χ3v) is 3.57. The lowest BCUT2D eigenvalue weighted by atomic mass is 10.1. The molecule has 0 aliphatic carbocycles. The van der Waals surface area contributed by atoms with Crippen LogP contribution >= 0.6 is 11.8 Å². The highest BCUT2D eigenvalue weighted by Gasteiger charge is 2.13. The van der Waals surface area contributed by atoms with Crippen molar-refractivity contribution in [3.8, 4) is 5.75 Å². The average Bonchev–Trinajstić information content (AvgIpc) is 2.33. The van der Waals surface area contributed by atoms with Gasteiger partial charge < -0.3 is 15.2 Å². The standard InChI is InChI=1S/C14H23NO2S/c1-14(2,3)15-9-11(16)10-18-13-8-6-5-7-12(13)17-4/h5-8,11,15-16H,9-10H2,1-4H3. The van der Waals surface area contributed by atoms with Crippen LogP contribution in [0.1, 0.15) is 20.8 Å². The summed E-state index contributed by atoms with van der Waals surface area (Å²) in [5.41, 5.74) is 0.0378. The molecule has 0 aliphatic rings. The van der Waals surface area contributed by atoms with Gasteiger partial charge in [-0.3, -0.25) is 0 Å². The summed E-state index contributed by atoms with van der Waals surface area (Å²) in [6, 6.07) is 7.86. The fourth-order valence-corrected chi connectivity index (χ4v) is 2.37. The molecule has 3 nitrogen and oxygen atoms in total. The van der Waals surface area contributed by atoms with Crippen LogP contribution in [0.3, 0.4) is 0 Å². The van der Waals surface area contributed by atoms with Crippen molar-refractivity contribution in [1.82, 2.24) is 5.32 Å². The predicted octanol–water partition coefficient (Wildman–Crippen LogP) is 2.54. The van der Waals surface area contributed by atoms with Crippen LogP contribution in [0.25, 0.3) is 0 Å². The zero-order valence-corrected chi connectivity index (χ0v) is 12.4. The first-order valence-electron chi connectivity index (χ1n) is 6.11. The van der Waals surface area contributed by atoms with E-state index in [1.807, 2.05) is 24.3 Å². The summed E-state index contributed by atoms with van der Waals surface area (Å²) in [7, 11) is 1.66. The van der Waals surface area contributed by atoms with Gasteiger partial charge in [-0.15, -0.1) is 11.8 Å². The van der Waals surface area contributed by atoms with E-state index in [2.05, 4.69) is 26.1 Å². The smallest absolute Gasteiger partial charge is 0.132 e. The molecule has 0 amide bonds. The number of methoxy groups -OCH3 is 1. The van der Waals surface area contributed by atoms with Gasteiger partial charge in [-0.25, -0.2) is 0 Å². The lowest BCUT2D eigenvalue weighted by Crippen LogP contribution is -2.41. The number of benzene rings is 1. The van der Waals surface area contributed by atoms with Crippen LogP contribution in [-0.2, 0) is 0 Å². The Bertz CT molecular complexity index is 363. The van der Waals surface area contributed by atoms with Gasteiger partial charge in [0.1, 0.15) is 5.75 Å². The number of nitrogens with one attached hydrogen (secondary N) is 1. The normalized spacial score (nSPS) is 13.4. The van der Waals surface area contributed by atoms with Crippen molar-refractivity contribution in [3.63, 3.8) is 0 Å². The number of hydrogen-bond acceptors (Lipinski definition) is 4. The summed E-state index contributed by atoms with van der Waals surface area (Å²) in [5, 5.41) is 13.2. The molecule has 1 atom stereocenters. The Hall–Kier alpha value is -0.710. The van der Waals surface area contributed by atoms with Crippen LogP contribution < -0.4 is 10.1 Å². The summed E-state index contributed by atoms with van der Waals surface area (Å²) in [4.78, 5) is 1.06. The molecule has 4 heteroatoms. The molecule has 0 aliphatic heterocycles. The number of para-hydroxylation sites is 1. The van der Waals surface area contributed by atoms with Crippen LogP contribution in [0.15, 0.2) is 29.2 Å². The van der Waals surface area contributed by atoms with Gasteiger partial charge in [-0.1, -0.05) is 12.1 Å². The highest BCUT2D eigenvalue weighted by molar-refractivity contribution is 7.99. The summed E-state index contributed by atoms with van der Waals surface area (Å²) < 4.78 is 5.27. The van der Waals surface area contributed by atoms with Gasteiger partial charge in [0.05, 0.1) is 13.2 Å². The zero-order chi connectivity index (χ0) is 13.6. The molecule has 0 fully saturated rings. The quantitative estimate of drug-likeness (QED) is 0.779. The third-order valence-electron chi connectivity index (χ3n) is 2.37. The number of thioether (sulfide) groups is 1. The first-order valence-corrected chi connectivity index (χ1v) is 7.10. The van der Waals surface area contributed by atoms with E-state index in [9.17, 15) is 5.11 Å². The van der Waals surface area contributed by atoms with Gasteiger partial charge in [0.25, 0.3) is 0 Å². The van der Waals surface area contributed by atoms with Gasteiger partial charge in [0, 0.05) is 22.7 Å². The monoisotopic (exact) mass is 269 g/mol. The average molecular weight is 269 g/mol. The van der Waals surface area contributed by atoms with Gasteiger partial charge in [0.15, 0.2) is 0 Å². The van der Waals surface area contributed by atoms with Crippen molar-refractivity contribution in [3.05, 3.63) is 24.3 Å². The van der Waals surface area contributed by atoms with E-state index in [1.54, 1.807) is 18.9 Å². The Morgan fingerprint density at radius 2 is 2.00 bits per heavy atom. The van der Waals surface area contributed by atoms with Crippen molar-refractivity contribution >= 4 is 11.8 Å². The van der Waals surface area contributed by atoms with Gasteiger partial charge in [-0.2, -0.15) is 0 Å². The predicted molar refractivity (Wildman–Crippen MR) is 77.5 cm³/mol. The van der Waals surface area contributed by atoms with Crippen molar-refractivity contribution in [2.45, 2.75) is 37.3 Å². The first-order chi connectivity index (χ1) is 8.42. The third kappa shape index (κ3) is 5.76. The second-order valence-corrected chi connectivity index (χ2v) is 6.31. The van der Waals surface area contributed by atoms with Crippen LogP contribution in [0, 0.1) is 0 Å². The molecule has 0 heterocycles. The Labute approximate surface area is 114 Å². The molecule has 1 aromatic rings. The Morgan fingerprint density at radius 3 is 2.61 bits per heavy atom. The van der Waals surface area contributed by atoms with E-state index in [0.717, 1.165) is 10.6 Å². The molecular weight excluding hydrogens is 246 g/mol. The fraction of sp³-hybridized carbons (Fsp3) is 0.571. The van der Waals surface area contributed by atoms with E-state index in [-0.39, 0.29) is 11.6 Å². The maximum atomic E-state index is 9.91. The molecule has 0 bridgehead atoms. The molecule has 0 radical (unpaired) electrons. The van der Waals surface area contributed by atoms with E-state index in [0.29, 0.717) is 12.3 Å². The molecule has 0 saturated carbocycles. The zero-order valence-electron chi connectivity index (χ0n) is 11.6. The molecule has 2 N–H and O–H groups in total. The molecule has 1 aromatic carbocycles. The summed E-state index contributed by atoms with van der Waals surface area (Å²) >= 11 is 1.62. The Balaban J connectivity index is 2.40. The van der Waals surface area contributed by atoms with Gasteiger partial charge in [-0.05, 0) is 32.9 Å². The van der Waals surface area contributed by atoms with Crippen LogP contribution in [-0.4, -0.2) is 36.2 Å². The largest absolute Gasteiger partial charge is 0.496 e. The summed E-state index contributed by atoms with van der Waals surface area (Å²) in [6.07, 6.45) is -0.362. The van der Waals surface area contributed by atoms with Crippen LogP contribution in [0.4, 0.5) is 0 Å². The lowest BCUT2D eigenvalue weighted by molar-refractivity contribution is 0.183. The lowest BCUT2D eigenvalue weighted by Gasteiger charge is -2.22. The summed E-state index contributed by atoms with van der Waals surface area (Å²) in [5.74, 6) is 1.52. The molecule has 18 heavy (non-hydrogen) atoms. The maximum absolute atomic E-state index is 9.91. The minimum Gasteiger partial charge on any atom is -0.496 e. The number of ether oxygens (including phenoxy) is 1. The number of aliphatic hydroxyl groups is 1. The van der Waals surface area contributed by atoms with Gasteiger partial charge >= 0.3 is 0 Å². The minimum absolute atomic E-state index is 0.0378. The molecule has 0 spiro atoms. The van der Waals surface area contributed by atoms with Crippen LogP contribution in [0.2, 0.25) is 0 Å². The molecule has 102 valence electrons.